The Morgan fingerprint density at radius 3 is 2.64 bits per heavy atom. The number of aryl methyl sites for hydroxylation is 1. The molecule has 172 valence electrons. The smallest absolute Gasteiger partial charge is 0.256 e. The largest absolute Gasteiger partial charge is 0.497 e. The number of fused-ring (bicyclic) bond motifs is 1. The van der Waals surface area contributed by atoms with Crippen molar-refractivity contribution in [1.82, 2.24) is 29.9 Å². The predicted molar refractivity (Wildman–Crippen MR) is 124 cm³/mol. The summed E-state index contributed by atoms with van der Waals surface area (Å²) in [5, 5.41) is 8.44. The number of hydrogen-bond donors (Lipinski definition) is 0. The molecule has 0 radical (unpaired) electrons. The Balaban J connectivity index is 1.40. The number of hydrogen-bond acceptors (Lipinski definition) is 8. The standard InChI is InChI=1S/C23H28N8O2/c1-15-11-21(27-23(26-15)28(2)3)29-10-7-16-13-30(20(16)14-29)22(32)18-12-17(33-4)5-6-19(18)31-24-8-9-25-31/h5-6,8-9,11-12,16,20H,7,10,13-14H2,1-4H3/t16-,20-/m1/s1. The first kappa shape index (κ1) is 21.2. The lowest BCUT2D eigenvalue weighted by Crippen LogP contribution is -2.66. The summed E-state index contributed by atoms with van der Waals surface area (Å²) >= 11 is 0. The number of carbonyl (C=O) groups excluding carboxylic acids is 1. The van der Waals surface area contributed by atoms with Gasteiger partial charge < -0.3 is 19.4 Å². The minimum Gasteiger partial charge on any atom is -0.497 e. The second kappa shape index (κ2) is 8.34. The third kappa shape index (κ3) is 3.85. The van der Waals surface area contributed by atoms with Crippen LogP contribution in [0.15, 0.2) is 36.7 Å². The van der Waals surface area contributed by atoms with Gasteiger partial charge in [-0.2, -0.15) is 20.0 Å². The zero-order valence-corrected chi connectivity index (χ0v) is 19.3. The number of nitrogens with zero attached hydrogens (tertiary/aromatic N) is 8. The molecule has 10 heteroatoms. The van der Waals surface area contributed by atoms with Gasteiger partial charge >= 0.3 is 0 Å². The van der Waals surface area contributed by atoms with Crippen LogP contribution >= 0.6 is 0 Å². The van der Waals surface area contributed by atoms with E-state index in [0.717, 1.165) is 37.6 Å². The molecule has 5 rings (SSSR count). The molecule has 2 fully saturated rings. The number of likely N-dealkylation sites (tertiary alicyclic amines) is 1. The quantitative estimate of drug-likeness (QED) is 0.583. The third-order valence-corrected chi connectivity index (χ3v) is 6.44. The highest BCUT2D eigenvalue weighted by Crippen LogP contribution is 2.36. The van der Waals surface area contributed by atoms with Gasteiger partial charge in [-0.1, -0.05) is 0 Å². The molecule has 2 saturated heterocycles. The van der Waals surface area contributed by atoms with Crippen molar-refractivity contribution < 1.29 is 9.53 Å². The number of methoxy groups -OCH3 is 1. The van der Waals surface area contributed by atoms with Crippen LogP contribution in [0.25, 0.3) is 5.69 Å². The average Bonchev–Trinajstić information content (AvgIpc) is 3.33. The van der Waals surface area contributed by atoms with Crippen molar-refractivity contribution in [3.63, 3.8) is 0 Å². The first-order valence-electron chi connectivity index (χ1n) is 11.1. The Labute approximate surface area is 192 Å². The van der Waals surface area contributed by atoms with E-state index in [4.69, 9.17) is 9.72 Å². The van der Waals surface area contributed by atoms with Crippen LogP contribution in [0.1, 0.15) is 22.5 Å². The number of piperidine rings is 1. The monoisotopic (exact) mass is 448 g/mol. The number of benzene rings is 1. The maximum Gasteiger partial charge on any atom is 0.256 e. The van der Waals surface area contributed by atoms with E-state index in [-0.39, 0.29) is 11.9 Å². The lowest BCUT2D eigenvalue weighted by molar-refractivity contribution is 0.00775. The molecule has 0 unspecified atom stereocenters. The zero-order chi connectivity index (χ0) is 23.1. The minimum absolute atomic E-state index is 0.0304. The Morgan fingerprint density at radius 1 is 1.12 bits per heavy atom. The molecule has 2 aromatic heterocycles. The van der Waals surface area contributed by atoms with Gasteiger partial charge in [0.1, 0.15) is 11.6 Å². The van der Waals surface area contributed by atoms with Gasteiger partial charge in [0.15, 0.2) is 0 Å². The van der Waals surface area contributed by atoms with Crippen molar-refractivity contribution in [2.24, 2.45) is 5.92 Å². The first-order chi connectivity index (χ1) is 15.9. The molecule has 2 aliphatic heterocycles. The van der Waals surface area contributed by atoms with E-state index >= 15 is 0 Å². The second-order valence-electron chi connectivity index (χ2n) is 8.78. The van der Waals surface area contributed by atoms with E-state index in [1.54, 1.807) is 25.6 Å². The Kier molecular flexibility index (Phi) is 5.35. The van der Waals surface area contributed by atoms with E-state index in [2.05, 4.69) is 20.1 Å². The molecule has 0 spiro atoms. The van der Waals surface area contributed by atoms with Crippen molar-refractivity contribution in [1.29, 1.82) is 0 Å². The molecule has 2 aliphatic rings. The molecule has 10 nitrogen and oxygen atoms in total. The highest BCUT2D eigenvalue weighted by Gasteiger charge is 2.46. The number of carbonyl (C=O) groups is 1. The van der Waals surface area contributed by atoms with E-state index in [1.165, 1.54) is 4.80 Å². The molecule has 1 amide bonds. The third-order valence-electron chi connectivity index (χ3n) is 6.44. The van der Waals surface area contributed by atoms with Gasteiger partial charge in [0.25, 0.3) is 5.91 Å². The number of aromatic nitrogens is 5. The Hall–Kier alpha value is -3.69. The van der Waals surface area contributed by atoms with Crippen LogP contribution in [-0.4, -0.2) is 82.7 Å². The summed E-state index contributed by atoms with van der Waals surface area (Å²) in [6.45, 7) is 4.41. The molecule has 0 N–H and O–H groups in total. The molecule has 0 saturated carbocycles. The zero-order valence-electron chi connectivity index (χ0n) is 19.3. The van der Waals surface area contributed by atoms with Crippen molar-refractivity contribution in [2.75, 3.05) is 50.6 Å². The number of anilines is 2. The van der Waals surface area contributed by atoms with Crippen molar-refractivity contribution in [2.45, 2.75) is 19.4 Å². The van der Waals surface area contributed by atoms with E-state index in [9.17, 15) is 4.79 Å². The van der Waals surface area contributed by atoms with Gasteiger partial charge in [-0.25, -0.2) is 4.98 Å². The summed E-state index contributed by atoms with van der Waals surface area (Å²) in [7, 11) is 5.48. The van der Waals surface area contributed by atoms with Gasteiger partial charge in [0.05, 0.1) is 36.8 Å². The Bertz CT molecular complexity index is 1160. The maximum absolute atomic E-state index is 13.7. The SMILES string of the molecule is COc1ccc(-n2nccn2)c(C(=O)N2C[C@H]3CCN(c4cc(C)nc(N(C)C)n4)C[C@H]32)c1. The molecule has 33 heavy (non-hydrogen) atoms. The van der Waals surface area contributed by atoms with Gasteiger partial charge in [-0.3, -0.25) is 4.79 Å². The van der Waals surface area contributed by atoms with E-state index in [0.29, 0.717) is 28.9 Å². The van der Waals surface area contributed by atoms with Crippen LogP contribution in [0.4, 0.5) is 11.8 Å². The van der Waals surface area contributed by atoms with Crippen LogP contribution in [-0.2, 0) is 0 Å². The maximum atomic E-state index is 13.7. The molecule has 0 bridgehead atoms. The molecular weight excluding hydrogens is 420 g/mol. The lowest BCUT2D eigenvalue weighted by atomic mass is 9.81. The van der Waals surface area contributed by atoms with E-state index in [1.807, 2.05) is 49.0 Å². The molecule has 0 aliphatic carbocycles. The summed E-state index contributed by atoms with van der Waals surface area (Å²) in [6.07, 6.45) is 4.23. The first-order valence-corrected chi connectivity index (χ1v) is 11.1. The molecule has 4 heterocycles. The Morgan fingerprint density at radius 2 is 1.91 bits per heavy atom. The fraction of sp³-hybridized carbons (Fsp3) is 0.435. The van der Waals surface area contributed by atoms with Crippen molar-refractivity contribution in [3.8, 4) is 11.4 Å². The van der Waals surface area contributed by atoms with Crippen LogP contribution < -0.4 is 14.5 Å². The molecule has 3 aromatic rings. The summed E-state index contributed by atoms with van der Waals surface area (Å²) in [6, 6.07) is 7.56. The lowest BCUT2D eigenvalue weighted by Gasteiger charge is -2.53. The topological polar surface area (TPSA) is 92.5 Å². The summed E-state index contributed by atoms with van der Waals surface area (Å²) in [5.74, 6) is 2.70. The molecule has 2 atom stereocenters. The number of ether oxygens (including phenoxy) is 1. The summed E-state index contributed by atoms with van der Waals surface area (Å²) in [4.78, 5) is 30.5. The van der Waals surface area contributed by atoms with E-state index < -0.39 is 0 Å². The summed E-state index contributed by atoms with van der Waals surface area (Å²) in [5.41, 5.74) is 2.11. The second-order valence-corrected chi connectivity index (χ2v) is 8.78. The van der Waals surface area contributed by atoms with Crippen molar-refractivity contribution >= 4 is 17.7 Å². The van der Waals surface area contributed by atoms with Gasteiger partial charge in [0, 0.05) is 51.4 Å². The van der Waals surface area contributed by atoms with Crippen LogP contribution in [0.5, 0.6) is 5.75 Å². The van der Waals surface area contributed by atoms with Crippen LogP contribution in [0, 0.1) is 12.8 Å². The molecule has 1 aromatic carbocycles. The van der Waals surface area contributed by atoms with Crippen LogP contribution in [0.3, 0.4) is 0 Å². The number of rotatable bonds is 5. The van der Waals surface area contributed by atoms with Crippen LogP contribution in [0.2, 0.25) is 0 Å². The summed E-state index contributed by atoms with van der Waals surface area (Å²) < 4.78 is 5.38. The van der Waals surface area contributed by atoms with Gasteiger partial charge in [0.2, 0.25) is 5.95 Å². The average molecular weight is 449 g/mol. The highest BCUT2D eigenvalue weighted by molar-refractivity contribution is 5.99. The fourth-order valence-corrected chi connectivity index (χ4v) is 4.62. The number of amides is 1. The highest BCUT2D eigenvalue weighted by atomic mass is 16.5. The van der Waals surface area contributed by atoms with Gasteiger partial charge in [-0.15, -0.1) is 0 Å². The molecular formula is C23H28N8O2. The predicted octanol–water partition coefficient (Wildman–Crippen LogP) is 1.79. The fourth-order valence-electron chi connectivity index (χ4n) is 4.62. The minimum atomic E-state index is -0.0304. The van der Waals surface area contributed by atoms with Gasteiger partial charge in [-0.05, 0) is 31.5 Å². The van der Waals surface area contributed by atoms with Crippen molar-refractivity contribution in [3.05, 3.63) is 47.9 Å². The normalized spacial score (nSPS) is 19.6.